The van der Waals surface area contributed by atoms with Gasteiger partial charge >= 0.3 is 6.09 Å². The van der Waals surface area contributed by atoms with Gasteiger partial charge in [-0.05, 0) is 54.9 Å². The minimum Gasteiger partial charge on any atom is -0.494 e. The number of aldehydes is 1. The van der Waals surface area contributed by atoms with Gasteiger partial charge in [0.1, 0.15) is 30.7 Å². The third-order valence-corrected chi connectivity index (χ3v) is 6.44. The minimum absolute atomic E-state index is 0.0541. The first kappa shape index (κ1) is 29.7. The largest absolute Gasteiger partial charge is 0.494 e. The molecule has 2 aliphatic heterocycles. The summed E-state index contributed by atoms with van der Waals surface area (Å²) in [6, 6.07) is 14.1. The van der Waals surface area contributed by atoms with Crippen molar-refractivity contribution in [2.24, 2.45) is 5.92 Å². The van der Waals surface area contributed by atoms with Crippen LogP contribution in [0.2, 0.25) is 0 Å². The monoisotopic (exact) mass is 537 g/mol. The molecule has 0 aliphatic carbocycles. The summed E-state index contributed by atoms with van der Waals surface area (Å²) in [5.41, 5.74) is 1.62. The molecule has 0 unspecified atom stereocenters. The number of hydrogen-bond acceptors (Lipinski definition) is 6. The van der Waals surface area contributed by atoms with E-state index in [1.165, 1.54) is 0 Å². The zero-order chi connectivity index (χ0) is 28.0. The molecule has 2 aromatic rings. The Balaban J connectivity index is 1.80. The lowest BCUT2D eigenvalue weighted by molar-refractivity contribution is -0.131. The Morgan fingerprint density at radius 2 is 1.77 bits per heavy atom. The van der Waals surface area contributed by atoms with Crippen LogP contribution in [0.25, 0.3) is 0 Å². The van der Waals surface area contributed by atoms with Crippen LogP contribution in [0.15, 0.2) is 54.6 Å². The zero-order valence-electron chi connectivity index (χ0n) is 22.7. The Morgan fingerprint density at radius 3 is 2.46 bits per heavy atom. The van der Waals surface area contributed by atoms with E-state index in [0.717, 1.165) is 36.7 Å². The second-order valence-corrected chi connectivity index (χ2v) is 10.2. The van der Waals surface area contributed by atoms with Crippen LogP contribution in [0.4, 0.5) is 4.79 Å². The second kappa shape index (κ2) is 15.5. The molecule has 0 radical (unpaired) electrons. The van der Waals surface area contributed by atoms with Crippen LogP contribution in [0.3, 0.4) is 0 Å². The Bertz CT molecular complexity index is 1070. The summed E-state index contributed by atoms with van der Waals surface area (Å²) in [4.78, 5) is 50.9. The van der Waals surface area contributed by atoms with Crippen LogP contribution in [0.5, 0.6) is 5.75 Å². The van der Waals surface area contributed by atoms with Crippen molar-refractivity contribution in [2.45, 2.75) is 77.1 Å². The van der Waals surface area contributed by atoms with E-state index in [9.17, 15) is 19.2 Å². The summed E-state index contributed by atoms with van der Waals surface area (Å²) in [6.07, 6.45) is 3.48. The van der Waals surface area contributed by atoms with Crippen molar-refractivity contribution in [3.8, 4) is 5.75 Å². The van der Waals surface area contributed by atoms with Crippen molar-refractivity contribution < 1.29 is 28.7 Å². The number of benzene rings is 2. The van der Waals surface area contributed by atoms with Crippen molar-refractivity contribution in [1.29, 1.82) is 0 Å². The van der Waals surface area contributed by atoms with Gasteiger partial charge in [0.2, 0.25) is 11.8 Å². The molecule has 0 saturated heterocycles. The van der Waals surface area contributed by atoms with Gasteiger partial charge in [0.05, 0.1) is 12.6 Å². The summed E-state index contributed by atoms with van der Waals surface area (Å²) in [6.45, 7) is 4.48. The molecule has 2 bridgehead atoms. The van der Waals surface area contributed by atoms with E-state index < -0.39 is 36.0 Å². The normalized spacial score (nSPS) is 21.1. The van der Waals surface area contributed by atoms with Crippen LogP contribution >= 0.6 is 0 Å². The number of rotatable bonds is 6. The number of carbonyl (C=O) groups excluding carboxylic acids is 4. The smallest absolute Gasteiger partial charge is 0.408 e. The molecule has 0 aromatic heterocycles. The fourth-order valence-electron chi connectivity index (χ4n) is 4.34. The first-order valence-electron chi connectivity index (χ1n) is 13.6. The number of nitrogens with one attached hydrogen (secondary N) is 3. The van der Waals surface area contributed by atoms with Gasteiger partial charge < -0.3 is 30.2 Å². The zero-order valence-corrected chi connectivity index (χ0v) is 22.7. The standard InChI is InChI=1S/C30H39N3O6/c1-21(2)17-26-28(35)31-24(19-34)11-7-4-8-16-38-25-14-12-22(13-15-25)18-27(29(36)32-26)33-30(37)39-20-23-9-5-3-6-10-23/h3,5-6,9-10,12-15,19,21,24,26-27H,4,7-8,11,16-18,20H2,1-2H3,(H,31,35)(H,32,36)(H,33,37)/t24-,26-,27-/m0/s1. The summed E-state index contributed by atoms with van der Waals surface area (Å²) in [5.74, 6) is -0.126. The van der Waals surface area contributed by atoms with E-state index in [1.54, 1.807) is 0 Å². The molecule has 39 heavy (non-hydrogen) atoms. The predicted molar refractivity (Wildman–Crippen MR) is 147 cm³/mol. The molecule has 2 aromatic carbocycles. The van der Waals surface area contributed by atoms with E-state index in [-0.39, 0.29) is 18.9 Å². The molecule has 0 saturated carbocycles. The molecule has 9 nitrogen and oxygen atoms in total. The van der Waals surface area contributed by atoms with Crippen molar-refractivity contribution >= 4 is 24.2 Å². The highest BCUT2D eigenvalue weighted by Gasteiger charge is 2.29. The first-order valence-corrected chi connectivity index (χ1v) is 13.6. The SMILES string of the molecule is CC(C)C[C@@H]1NC(=O)[C@@H](NC(=O)OCc2ccccc2)Cc2ccc(cc2)OCCCCC[C@@H](C=O)NC1=O. The fraction of sp³-hybridized carbons (Fsp3) is 0.467. The van der Waals surface area contributed by atoms with Crippen molar-refractivity contribution in [3.05, 3.63) is 65.7 Å². The van der Waals surface area contributed by atoms with Crippen molar-refractivity contribution in [2.75, 3.05) is 6.61 Å². The Labute approximate surface area is 230 Å². The highest BCUT2D eigenvalue weighted by Crippen LogP contribution is 2.16. The summed E-state index contributed by atoms with van der Waals surface area (Å²) in [5, 5.41) is 8.24. The highest BCUT2D eigenvalue weighted by molar-refractivity contribution is 5.92. The minimum atomic E-state index is -0.997. The first-order chi connectivity index (χ1) is 18.8. The lowest BCUT2D eigenvalue weighted by atomic mass is 10.0. The molecule has 0 spiro atoms. The van der Waals surface area contributed by atoms with Crippen LogP contribution in [0.1, 0.15) is 57.1 Å². The molecule has 3 amide bonds. The topological polar surface area (TPSA) is 123 Å². The van der Waals surface area contributed by atoms with Crippen LogP contribution in [-0.4, -0.2) is 48.9 Å². The molecule has 9 heteroatoms. The molecular weight excluding hydrogens is 498 g/mol. The van der Waals surface area contributed by atoms with Gasteiger partial charge in [-0.3, -0.25) is 9.59 Å². The van der Waals surface area contributed by atoms with Gasteiger partial charge in [-0.15, -0.1) is 0 Å². The number of hydrogen-bond donors (Lipinski definition) is 3. The van der Waals surface area contributed by atoms with Gasteiger partial charge in [-0.25, -0.2) is 4.79 Å². The van der Waals surface area contributed by atoms with E-state index in [4.69, 9.17) is 9.47 Å². The second-order valence-electron chi connectivity index (χ2n) is 10.2. The van der Waals surface area contributed by atoms with Crippen molar-refractivity contribution in [3.63, 3.8) is 0 Å². The third-order valence-electron chi connectivity index (χ3n) is 6.44. The fourth-order valence-corrected chi connectivity index (χ4v) is 4.34. The average molecular weight is 538 g/mol. The molecule has 3 N–H and O–H groups in total. The van der Waals surface area contributed by atoms with Crippen molar-refractivity contribution in [1.82, 2.24) is 16.0 Å². The molecule has 2 heterocycles. The lowest BCUT2D eigenvalue weighted by Gasteiger charge is -2.25. The lowest BCUT2D eigenvalue weighted by Crippen LogP contribution is -2.56. The third kappa shape index (κ3) is 10.4. The Morgan fingerprint density at radius 1 is 1.03 bits per heavy atom. The summed E-state index contributed by atoms with van der Waals surface area (Å²) >= 11 is 0. The summed E-state index contributed by atoms with van der Waals surface area (Å²) < 4.78 is 11.2. The van der Waals surface area contributed by atoms with E-state index in [2.05, 4.69) is 16.0 Å². The molecule has 210 valence electrons. The number of alkyl carbamates (subject to hydrolysis) is 1. The predicted octanol–water partition coefficient (Wildman–Crippen LogP) is 3.69. The molecule has 2 aliphatic rings. The van der Waals surface area contributed by atoms with Gasteiger partial charge in [-0.2, -0.15) is 0 Å². The Hall–Kier alpha value is -3.88. The van der Waals surface area contributed by atoms with Gasteiger partial charge in [-0.1, -0.05) is 62.7 Å². The number of ether oxygens (including phenoxy) is 2. The number of fused-ring (bicyclic) bond motifs is 15. The maximum atomic E-state index is 13.5. The van der Waals surface area contributed by atoms with E-state index in [0.29, 0.717) is 25.2 Å². The molecule has 4 rings (SSSR count). The molecule has 0 fully saturated rings. The van der Waals surface area contributed by atoms with Gasteiger partial charge in [0.25, 0.3) is 0 Å². The maximum absolute atomic E-state index is 13.5. The van der Waals surface area contributed by atoms with E-state index in [1.807, 2.05) is 68.4 Å². The van der Waals surface area contributed by atoms with E-state index >= 15 is 0 Å². The van der Waals surface area contributed by atoms with Crippen LogP contribution in [0, 0.1) is 5.92 Å². The number of amides is 3. The summed E-state index contributed by atoms with van der Waals surface area (Å²) in [7, 11) is 0. The maximum Gasteiger partial charge on any atom is 0.408 e. The number of carbonyl (C=O) groups is 4. The Kier molecular flexibility index (Phi) is 11.8. The molecule has 3 atom stereocenters. The van der Waals surface area contributed by atoms with Crippen LogP contribution < -0.4 is 20.7 Å². The van der Waals surface area contributed by atoms with Gasteiger partial charge in [0, 0.05) is 6.42 Å². The quantitative estimate of drug-likeness (QED) is 0.483. The van der Waals surface area contributed by atoms with Crippen LogP contribution in [-0.2, 0) is 32.1 Å². The molecular formula is C30H39N3O6. The van der Waals surface area contributed by atoms with Gasteiger partial charge in [0.15, 0.2) is 0 Å². The average Bonchev–Trinajstić information content (AvgIpc) is 2.93. The highest BCUT2D eigenvalue weighted by atomic mass is 16.5.